The lowest BCUT2D eigenvalue weighted by atomic mass is 9.79. The molecule has 41 heavy (non-hydrogen) atoms. The number of aromatic hydroxyl groups is 2. The van der Waals surface area contributed by atoms with E-state index in [-0.39, 0.29) is 0 Å². The van der Waals surface area contributed by atoms with Crippen molar-refractivity contribution in [2.45, 2.75) is 177 Å². The first-order valence-corrected chi connectivity index (χ1v) is 17.5. The Balaban J connectivity index is 2.89. The number of hydrogen-bond donors (Lipinski definition) is 2. The van der Waals surface area contributed by atoms with Crippen molar-refractivity contribution in [1.82, 2.24) is 0 Å². The zero-order chi connectivity index (χ0) is 30.4. The van der Waals surface area contributed by atoms with Gasteiger partial charge in [-0.2, -0.15) is 0 Å². The number of hydrogen-bond acceptors (Lipinski definition) is 2. The van der Waals surface area contributed by atoms with Crippen molar-refractivity contribution in [2.24, 2.45) is 0 Å². The van der Waals surface area contributed by atoms with Gasteiger partial charge in [-0.05, 0) is 135 Å². The first-order chi connectivity index (χ1) is 19.8. The number of rotatable bonds is 20. The molecule has 0 aliphatic rings. The highest BCUT2D eigenvalue weighted by Crippen LogP contribution is 2.42. The van der Waals surface area contributed by atoms with Gasteiger partial charge in [0.25, 0.3) is 0 Å². The fourth-order valence-corrected chi connectivity index (χ4v) is 6.78. The van der Waals surface area contributed by atoms with Gasteiger partial charge in [-0.15, -0.1) is 0 Å². The molecule has 0 bridgehead atoms. The minimum absolute atomic E-state index is 0.532. The molecular weight excluding hydrogens is 500 g/mol. The Bertz CT molecular complexity index is 993. The Kier molecular flexibility index (Phi) is 15.9. The molecular formula is C39H64O2. The summed E-state index contributed by atoms with van der Waals surface area (Å²) in [6.45, 7) is 18.2. The Morgan fingerprint density at radius 1 is 0.341 bits per heavy atom. The minimum Gasteiger partial charge on any atom is -0.507 e. The number of phenolic OH excluding ortho intramolecular Hbond substituents is 2. The number of benzene rings is 2. The van der Waals surface area contributed by atoms with E-state index in [9.17, 15) is 10.2 Å². The third-order valence-electron chi connectivity index (χ3n) is 9.45. The summed E-state index contributed by atoms with van der Waals surface area (Å²) in [7, 11) is 0. The first-order valence-electron chi connectivity index (χ1n) is 17.5. The van der Waals surface area contributed by atoms with Gasteiger partial charge in [0, 0.05) is 17.5 Å². The fraction of sp³-hybridized carbons (Fsp3) is 0.692. The second-order valence-corrected chi connectivity index (χ2v) is 12.6. The Morgan fingerprint density at radius 2 is 0.561 bits per heavy atom. The lowest BCUT2D eigenvalue weighted by Gasteiger charge is -2.26. The van der Waals surface area contributed by atoms with Crippen molar-refractivity contribution in [3.8, 4) is 11.5 Å². The van der Waals surface area contributed by atoms with E-state index in [4.69, 9.17) is 0 Å². The molecule has 0 atom stereocenters. The van der Waals surface area contributed by atoms with Crippen LogP contribution in [-0.4, -0.2) is 10.2 Å². The molecule has 0 aromatic heterocycles. The van der Waals surface area contributed by atoms with Crippen molar-refractivity contribution < 1.29 is 10.2 Å². The normalized spacial score (nSPS) is 11.5. The Labute approximate surface area is 254 Å². The van der Waals surface area contributed by atoms with Crippen LogP contribution in [-0.2, 0) is 44.9 Å². The van der Waals surface area contributed by atoms with E-state index in [0.29, 0.717) is 17.9 Å². The number of unbranched alkanes of at least 4 members (excludes halogenated alkanes) is 6. The molecule has 2 aromatic carbocycles. The standard InChI is InChI=1S/C39H64O2/c1-9-15-21-30-28(7)32(23-17-11-3)36(38(40)34(30)25-19-13-5)27-37-33(24-18-12-4)29(8)31(22-16-10-2)35(39(37)41)26-20-14-6/h40-41H,9-27H2,1-8H3. The van der Waals surface area contributed by atoms with E-state index in [1.807, 2.05) is 0 Å². The van der Waals surface area contributed by atoms with Crippen molar-refractivity contribution in [1.29, 1.82) is 0 Å². The summed E-state index contributed by atoms with van der Waals surface area (Å²) in [6, 6.07) is 0. The van der Waals surface area contributed by atoms with Crippen LogP contribution < -0.4 is 0 Å². The largest absolute Gasteiger partial charge is 0.507 e. The predicted octanol–water partition coefficient (Wildman–Crippen LogP) is 11.4. The van der Waals surface area contributed by atoms with Gasteiger partial charge in [-0.25, -0.2) is 0 Å². The molecule has 0 aliphatic carbocycles. The van der Waals surface area contributed by atoms with E-state index >= 15 is 0 Å². The molecule has 0 fully saturated rings. The van der Waals surface area contributed by atoms with E-state index in [1.54, 1.807) is 0 Å². The highest BCUT2D eigenvalue weighted by molar-refractivity contribution is 5.61. The molecule has 2 aromatic rings. The summed E-state index contributed by atoms with van der Waals surface area (Å²) in [6.07, 6.45) is 20.2. The molecule has 0 aliphatic heterocycles. The zero-order valence-corrected chi connectivity index (χ0v) is 28.3. The van der Waals surface area contributed by atoms with Crippen LogP contribution in [0.5, 0.6) is 11.5 Å². The van der Waals surface area contributed by atoms with Crippen molar-refractivity contribution >= 4 is 0 Å². The molecule has 0 radical (unpaired) electrons. The number of phenols is 2. The third kappa shape index (κ3) is 9.01. The van der Waals surface area contributed by atoms with Crippen LogP contribution in [0.3, 0.4) is 0 Å². The van der Waals surface area contributed by atoms with Gasteiger partial charge in [0.2, 0.25) is 0 Å². The molecule has 0 amide bonds. The highest BCUT2D eigenvalue weighted by atomic mass is 16.3. The van der Waals surface area contributed by atoms with E-state index in [0.717, 1.165) is 127 Å². The second kappa shape index (κ2) is 18.6. The molecule has 2 rings (SSSR count). The van der Waals surface area contributed by atoms with Crippen LogP contribution in [0.15, 0.2) is 0 Å². The van der Waals surface area contributed by atoms with Gasteiger partial charge in [-0.1, -0.05) is 80.1 Å². The van der Waals surface area contributed by atoms with Crippen molar-refractivity contribution in [3.05, 3.63) is 55.6 Å². The first kappa shape index (κ1) is 35.2. The molecule has 2 nitrogen and oxygen atoms in total. The lowest BCUT2D eigenvalue weighted by molar-refractivity contribution is 0.450. The Hall–Kier alpha value is -1.96. The van der Waals surface area contributed by atoms with Crippen molar-refractivity contribution in [3.63, 3.8) is 0 Å². The predicted molar refractivity (Wildman–Crippen MR) is 180 cm³/mol. The average Bonchev–Trinajstić information content (AvgIpc) is 2.97. The zero-order valence-electron chi connectivity index (χ0n) is 28.3. The molecule has 2 heteroatoms. The topological polar surface area (TPSA) is 40.5 Å². The summed E-state index contributed by atoms with van der Waals surface area (Å²) in [5.74, 6) is 1.06. The average molecular weight is 565 g/mol. The van der Waals surface area contributed by atoms with E-state index in [1.165, 1.54) is 44.5 Å². The molecule has 232 valence electrons. The molecule has 0 heterocycles. The maximum atomic E-state index is 12.1. The summed E-state index contributed by atoms with van der Waals surface area (Å²) in [5.41, 5.74) is 12.9. The summed E-state index contributed by atoms with van der Waals surface area (Å²) in [5, 5.41) is 24.2. The van der Waals surface area contributed by atoms with Crippen LogP contribution in [0.2, 0.25) is 0 Å². The monoisotopic (exact) mass is 564 g/mol. The van der Waals surface area contributed by atoms with E-state index < -0.39 is 0 Å². The highest BCUT2D eigenvalue weighted by Gasteiger charge is 2.26. The van der Waals surface area contributed by atoms with E-state index in [2.05, 4.69) is 55.4 Å². The lowest BCUT2D eigenvalue weighted by Crippen LogP contribution is -2.12. The van der Waals surface area contributed by atoms with Gasteiger partial charge in [-0.3, -0.25) is 0 Å². The van der Waals surface area contributed by atoms with Crippen LogP contribution in [0.4, 0.5) is 0 Å². The summed E-state index contributed by atoms with van der Waals surface area (Å²) < 4.78 is 0. The van der Waals surface area contributed by atoms with Gasteiger partial charge in [0.1, 0.15) is 11.5 Å². The molecule has 0 saturated heterocycles. The van der Waals surface area contributed by atoms with Gasteiger partial charge in [0.05, 0.1) is 0 Å². The van der Waals surface area contributed by atoms with Crippen LogP contribution >= 0.6 is 0 Å². The summed E-state index contributed by atoms with van der Waals surface area (Å²) >= 11 is 0. The molecule has 0 saturated carbocycles. The van der Waals surface area contributed by atoms with Crippen LogP contribution in [0, 0.1) is 13.8 Å². The summed E-state index contributed by atoms with van der Waals surface area (Å²) in [4.78, 5) is 0. The minimum atomic E-state index is 0.532. The molecule has 2 N–H and O–H groups in total. The maximum Gasteiger partial charge on any atom is 0.122 e. The quantitative estimate of drug-likeness (QED) is 0.168. The van der Waals surface area contributed by atoms with Gasteiger partial charge < -0.3 is 10.2 Å². The van der Waals surface area contributed by atoms with Gasteiger partial charge >= 0.3 is 0 Å². The van der Waals surface area contributed by atoms with Crippen LogP contribution in [0.1, 0.15) is 174 Å². The van der Waals surface area contributed by atoms with Gasteiger partial charge in [0.15, 0.2) is 0 Å². The van der Waals surface area contributed by atoms with Crippen molar-refractivity contribution in [2.75, 3.05) is 0 Å². The third-order valence-corrected chi connectivity index (χ3v) is 9.45. The molecule has 0 unspecified atom stereocenters. The molecule has 0 spiro atoms. The van der Waals surface area contributed by atoms with Crippen LogP contribution in [0.25, 0.3) is 0 Å². The second-order valence-electron chi connectivity index (χ2n) is 12.6. The fourth-order valence-electron chi connectivity index (χ4n) is 6.78. The Morgan fingerprint density at radius 3 is 0.805 bits per heavy atom. The maximum absolute atomic E-state index is 12.1. The SMILES string of the molecule is CCCCc1c(C)c(CCCC)c(Cc2c(O)c(CCCC)c(CCCC)c(C)c2CCCC)c(O)c1CCCC. The smallest absolute Gasteiger partial charge is 0.122 e.